The average molecular weight is 303 g/mol. The molecular weight excluding hydrogens is 292 g/mol. The quantitative estimate of drug-likeness (QED) is 0.529. The van der Waals surface area contributed by atoms with Crippen molar-refractivity contribution < 1.29 is 17.6 Å². The SMILES string of the molecule is Cc1cc(F)c(C(Cl)c2c(F)ccc(C)c2F)cc1F. The number of alkyl halides is 1. The van der Waals surface area contributed by atoms with E-state index in [9.17, 15) is 17.6 Å². The minimum atomic E-state index is -1.44. The summed E-state index contributed by atoms with van der Waals surface area (Å²) in [5, 5.41) is -1.44. The van der Waals surface area contributed by atoms with Gasteiger partial charge in [0.25, 0.3) is 0 Å². The molecule has 0 bridgehead atoms. The van der Waals surface area contributed by atoms with E-state index in [4.69, 9.17) is 11.6 Å². The standard InChI is InChI=1S/C15H11ClF4/c1-7-3-4-10(17)13(15(7)20)14(16)9-6-11(18)8(2)5-12(9)19/h3-6,14H,1-2H3. The predicted molar refractivity (Wildman–Crippen MR) is 69.9 cm³/mol. The van der Waals surface area contributed by atoms with Crippen molar-refractivity contribution >= 4 is 11.6 Å². The molecule has 0 saturated heterocycles. The van der Waals surface area contributed by atoms with E-state index < -0.39 is 34.2 Å². The molecule has 0 nitrogen and oxygen atoms in total. The maximum Gasteiger partial charge on any atom is 0.134 e. The Labute approximate surface area is 119 Å². The van der Waals surface area contributed by atoms with Gasteiger partial charge in [0.05, 0.1) is 5.38 Å². The summed E-state index contributed by atoms with van der Waals surface area (Å²) in [7, 11) is 0. The number of hydrogen-bond acceptors (Lipinski definition) is 0. The van der Waals surface area contributed by atoms with Crippen molar-refractivity contribution in [3.05, 3.63) is 69.8 Å². The van der Waals surface area contributed by atoms with Crippen LogP contribution in [0, 0.1) is 37.1 Å². The summed E-state index contributed by atoms with van der Waals surface area (Å²) in [6.07, 6.45) is 0. The van der Waals surface area contributed by atoms with E-state index in [1.54, 1.807) is 0 Å². The van der Waals surface area contributed by atoms with Gasteiger partial charge in [-0.25, -0.2) is 17.6 Å². The lowest BCUT2D eigenvalue weighted by Gasteiger charge is -2.15. The van der Waals surface area contributed by atoms with E-state index >= 15 is 0 Å². The summed E-state index contributed by atoms with van der Waals surface area (Å²) in [6, 6.07) is 4.12. The van der Waals surface area contributed by atoms with Crippen molar-refractivity contribution in [3.8, 4) is 0 Å². The van der Waals surface area contributed by atoms with Crippen LogP contribution in [0.4, 0.5) is 17.6 Å². The molecule has 20 heavy (non-hydrogen) atoms. The first kappa shape index (κ1) is 14.9. The summed E-state index contributed by atoms with van der Waals surface area (Å²) >= 11 is 5.96. The van der Waals surface area contributed by atoms with Gasteiger partial charge in [0.2, 0.25) is 0 Å². The van der Waals surface area contributed by atoms with E-state index in [-0.39, 0.29) is 16.7 Å². The van der Waals surface area contributed by atoms with Gasteiger partial charge in [-0.05, 0) is 43.2 Å². The van der Waals surface area contributed by atoms with Crippen LogP contribution in [0.1, 0.15) is 27.6 Å². The first-order chi connectivity index (χ1) is 9.32. The zero-order valence-electron chi connectivity index (χ0n) is 10.8. The summed E-state index contributed by atoms with van der Waals surface area (Å²) in [6.45, 7) is 2.83. The van der Waals surface area contributed by atoms with E-state index in [1.807, 2.05) is 0 Å². The van der Waals surface area contributed by atoms with Crippen LogP contribution in [0.3, 0.4) is 0 Å². The van der Waals surface area contributed by atoms with E-state index in [2.05, 4.69) is 0 Å². The van der Waals surface area contributed by atoms with Gasteiger partial charge in [0.15, 0.2) is 0 Å². The van der Waals surface area contributed by atoms with Crippen LogP contribution in [-0.4, -0.2) is 0 Å². The molecule has 1 atom stereocenters. The molecule has 0 radical (unpaired) electrons. The molecule has 0 spiro atoms. The highest BCUT2D eigenvalue weighted by Gasteiger charge is 2.24. The second kappa shape index (κ2) is 5.44. The maximum atomic E-state index is 14.0. The molecule has 2 rings (SSSR count). The summed E-state index contributed by atoms with van der Waals surface area (Å²) in [4.78, 5) is 0. The second-order valence-corrected chi connectivity index (χ2v) is 5.01. The first-order valence-electron chi connectivity index (χ1n) is 5.87. The van der Waals surface area contributed by atoms with Crippen molar-refractivity contribution in [2.45, 2.75) is 19.2 Å². The van der Waals surface area contributed by atoms with E-state index in [1.165, 1.54) is 19.9 Å². The molecule has 0 amide bonds. The Morgan fingerprint density at radius 3 is 2.15 bits per heavy atom. The van der Waals surface area contributed by atoms with E-state index in [0.29, 0.717) is 0 Å². The van der Waals surface area contributed by atoms with Gasteiger partial charge in [0.1, 0.15) is 23.3 Å². The number of halogens is 5. The Morgan fingerprint density at radius 2 is 1.50 bits per heavy atom. The molecule has 2 aromatic carbocycles. The minimum absolute atomic E-state index is 0.0975. The number of rotatable bonds is 2. The van der Waals surface area contributed by atoms with Crippen LogP contribution in [0.15, 0.2) is 24.3 Å². The Kier molecular flexibility index (Phi) is 4.04. The largest absolute Gasteiger partial charge is 0.207 e. The molecule has 0 aromatic heterocycles. The van der Waals surface area contributed by atoms with Crippen LogP contribution in [0.25, 0.3) is 0 Å². The second-order valence-electron chi connectivity index (χ2n) is 4.58. The normalized spacial score (nSPS) is 12.6. The fourth-order valence-corrected chi connectivity index (χ4v) is 2.29. The molecule has 5 heteroatoms. The molecule has 0 aliphatic rings. The molecular formula is C15H11ClF4. The Balaban J connectivity index is 2.60. The van der Waals surface area contributed by atoms with Gasteiger partial charge in [0, 0.05) is 11.1 Å². The van der Waals surface area contributed by atoms with Crippen LogP contribution >= 0.6 is 11.6 Å². The third kappa shape index (κ3) is 2.52. The molecule has 0 N–H and O–H groups in total. The molecule has 0 heterocycles. The van der Waals surface area contributed by atoms with Gasteiger partial charge < -0.3 is 0 Å². The molecule has 1 unspecified atom stereocenters. The van der Waals surface area contributed by atoms with Gasteiger partial charge in [-0.2, -0.15) is 0 Å². The van der Waals surface area contributed by atoms with Crippen LogP contribution in [0.2, 0.25) is 0 Å². The maximum absolute atomic E-state index is 14.0. The van der Waals surface area contributed by atoms with E-state index in [0.717, 1.165) is 18.2 Å². The summed E-state index contributed by atoms with van der Waals surface area (Å²) < 4.78 is 55.0. The number of benzene rings is 2. The number of aryl methyl sites for hydroxylation is 2. The average Bonchev–Trinajstić information content (AvgIpc) is 2.38. The zero-order valence-corrected chi connectivity index (χ0v) is 11.5. The van der Waals surface area contributed by atoms with Gasteiger partial charge in [-0.1, -0.05) is 6.07 Å². The first-order valence-corrected chi connectivity index (χ1v) is 6.30. The highest BCUT2D eigenvalue weighted by Crippen LogP contribution is 2.35. The number of hydrogen-bond donors (Lipinski definition) is 0. The molecule has 0 aliphatic heterocycles. The third-order valence-electron chi connectivity index (χ3n) is 3.12. The molecule has 0 aliphatic carbocycles. The summed E-state index contributed by atoms with van der Waals surface area (Å²) in [5.41, 5.74) is -0.493. The highest BCUT2D eigenvalue weighted by atomic mass is 35.5. The van der Waals surface area contributed by atoms with Crippen molar-refractivity contribution in [1.82, 2.24) is 0 Å². The Morgan fingerprint density at radius 1 is 0.850 bits per heavy atom. The Bertz CT molecular complexity index is 667. The lowest BCUT2D eigenvalue weighted by atomic mass is 9.99. The van der Waals surface area contributed by atoms with Gasteiger partial charge in [-0.15, -0.1) is 11.6 Å². The topological polar surface area (TPSA) is 0 Å². The zero-order chi connectivity index (χ0) is 15.0. The summed E-state index contributed by atoms with van der Waals surface area (Å²) in [5.74, 6) is -3.23. The Hall–Kier alpha value is -1.55. The molecule has 2 aromatic rings. The van der Waals surface area contributed by atoms with Crippen molar-refractivity contribution in [2.24, 2.45) is 0 Å². The van der Waals surface area contributed by atoms with Crippen molar-refractivity contribution in [2.75, 3.05) is 0 Å². The van der Waals surface area contributed by atoms with Crippen molar-refractivity contribution in [3.63, 3.8) is 0 Å². The molecule has 0 saturated carbocycles. The minimum Gasteiger partial charge on any atom is -0.207 e. The lowest BCUT2D eigenvalue weighted by molar-refractivity contribution is 0.544. The van der Waals surface area contributed by atoms with Crippen LogP contribution in [-0.2, 0) is 0 Å². The lowest BCUT2D eigenvalue weighted by Crippen LogP contribution is -2.06. The molecule has 106 valence electrons. The van der Waals surface area contributed by atoms with Gasteiger partial charge >= 0.3 is 0 Å². The van der Waals surface area contributed by atoms with Crippen molar-refractivity contribution in [1.29, 1.82) is 0 Å². The smallest absolute Gasteiger partial charge is 0.134 e. The van der Waals surface area contributed by atoms with Gasteiger partial charge in [-0.3, -0.25) is 0 Å². The predicted octanol–water partition coefficient (Wildman–Crippen LogP) is 5.19. The highest BCUT2D eigenvalue weighted by molar-refractivity contribution is 6.22. The fraction of sp³-hybridized carbons (Fsp3) is 0.200. The van der Waals surface area contributed by atoms with Crippen LogP contribution < -0.4 is 0 Å². The third-order valence-corrected chi connectivity index (χ3v) is 3.58. The fourth-order valence-electron chi connectivity index (χ4n) is 1.92. The monoisotopic (exact) mass is 302 g/mol. The molecule has 0 fully saturated rings. The van der Waals surface area contributed by atoms with Crippen LogP contribution in [0.5, 0.6) is 0 Å².